The van der Waals surface area contributed by atoms with Gasteiger partial charge in [-0.25, -0.2) is 23.7 Å². The second-order valence-corrected chi connectivity index (χ2v) is 10.4. The number of phosphoric acid groups is 3. The normalized spacial score (nSPS) is 28.5. The minimum atomic E-state index is -5.72. The molecule has 2 aromatic heterocycles. The minimum Gasteiger partial charge on any atom is -0.387 e. The second-order valence-electron chi connectivity index (χ2n) is 5.99. The van der Waals surface area contributed by atoms with Crippen molar-refractivity contribution >= 4 is 34.6 Å². The summed E-state index contributed by atoms with van der Waals surface area (Å²) in [6, 6.07) is 0. The van der Waals surface area contributed by atoms with Crippen molar-refractivity contribution in [2.24, 2.45) is 0 Å². The number of phosphoric ester groups is 1. The summed E-state index contributed by atoms with van der Waals surface area (Å²) in [6.07, 6.45) is -4.05. The smallest absolute Gasteiger partial charge is 0.387 e. The van der Waals surface area contributed by atoms with Crippen LogP contribution in [0.4, 0.5) is 0 Å². The van der Waals surface area contributed by atoms with E-state index in [1.54, 1.807) is 0 Å². The molecular formula is C10H15N4O14P3. The van der Waals surface area contributed by atoms with E-state index in [1.807, 2.05) is 0 Å². The average Bonchev–Trinajstić information content (AvgIpc) is 3.13. The van der Waals surface area contributed by atoms with Crippen molar-refractivity contribution in [2.75, 3.05) is 6.61 Å². The Labute approximate surface area is 170 Å². The number of imidazole rings is 1. The van der Waals surface area contributed by atoms with Crippen LogP contribution >= 0.6 is 23.5 Å². The van der Waals surface area contributed by atoms with Crippen molar-refractivity contribution in [3.63, 3.8) is 0 Å². The van der Waals surface area contributed by atoms with Crippen LogP contribution in [-0.2, 0) is 31.6 Å². The van der Waals surface area contributed by atoms with Gasteiger partial charge in [-0.15, -0.1) is 0 Å². The van der Waals surface area contributed by atoms with Gasteiger partial charge in [0.15, 0.2) is 17.4 Å². The van der Waals surface area contributed by atoms with Gasteiger partial charge in [-0.3, -0.25) is 13.9 Å². The number of hydrogen-bond donors (Lipinski definition) is 7. The first-order valence-corrected chi connectivity index (χ1v) is 12.4. The summed E-state index contributed by atoms with van der Waals surface area (Å²) in [5.41, 5.74) is -0.681. The molecule has 1 fully saturated rings. The molecule has 21 heteroatoms. The lowest BCUT2D eigenvalue weighted by atomic mass is 10.1. The predicted molar refractivity (Wildman–Crippen MR) is 93.9 cm³/mol. The van der Waals surface area contributed by atoms with Crippen molar-refractivity contribution in [2.45, 2.75) is 24.5 Å². The summed E-state index contributed by atoms with van der Waals surface area (Å²) in [7, 11) is -16.7. The average molecular weight is 508 g/mol. The Balaban J connectivity index is 1.70. The standard InChI is InChI=1S/C10H15N4O14P3/c15-6-4(1-25-30(21,22)28-31(23,24)27-29(18,19)20)26-10(7(6)16)14-3-13-5-8(14)11-2-12-9(5)17/h2-4,6-7,10,15-16H,1H2,(H,21,22)(H,23,24)(H,11,12,17)(H2,18,19,20)/t4-,6+,7?,10-/m1/s1. The highest BCUT2D eigenvalue weighted by Gasteiger charge is 2.47. The van der Waals surface area contributed by atoms with Crippen LogP contribution in [0, 0.1) is 0 Å². The lowest BCUT2D eigenvalue weighted by molar-refractivity contribution is -0.0503. The molecule has 0 radical (unpaired) electrons. The van der Waals surface area contributed by atoms with E-state index in [0.29, 0.717) is 0 Å². The van der Waals surface area contributed by atoms with E-state index in [9.17, 15) is 33.6 Å². The van der Waals surface area contributed by atoms with E-state index in [1.165, 1.54) is 0 Å². The molecular weight excluding hydrogens is 493 g/mol. The van der Waals surface area contributed by atoms with Crippen LogP contribution in [0.2, 0.25) is 0 Å². The van der Waals surface area contributed by atoms with Gasteiger partial charge in [-0.1, -0.05) is 0 Å². The molecule has 0 aromatic carbocycles. The summed E-state index contributed by atoms with van der Waals surface area (Å²) in [6.45, 7) is -0.987. The van der Waals surface area contributed by atoms with Gasteiger partial charge >= 0.3 is 23.5 Å². The highest BCUT2D eigenvalue weighted by molar-refractivity contribution is 7.66. The Hall–Kier alpha value is -1.36. The number of aliphatic hydroxyl groups excluding tert-OH is 2. The number of aromatic nitrogens is 4. The fourth-order valence-corrected chi connectivity index (χ4v) is 5.65. The number of aromatic amines is 1. The van der Waals surface area contributed by atoms with Crippen LogP contribution in [0.1, 0.15) is 6.23 Å². The van der Waals surface area contributed by atoms with Crippen molar-refractivity contribution in [1.29, 1.82) is 0 Å². The summed E-state index contributed by atoms with van der Waals surface area (Å²) < 4.78 is 51.6. The highest BCUT2D eigenvalue weighted by atomic mass is 31.3. The molecule has 0 amide bonds. The number of hydrogen-bond acceptors (Lipinski definition) is 12. The molecule has 3 unspecified atom stereocenters. The lowest BCUT2D eigenvalue weighted by Crippen LogP contribution is -2.33. The maximum absolute atomic E-state index is 11.8. The SMILES string of the molecule is O=c1[nH]cnc2c1ncn2[C@@H]1O[C@H](COP(=O)(O)OP(=O)(O)OP(=O)(O)O)[C@H](O)C1O. The number of nitrogens with one attached hydrogen (secondary N) is 1. The second kappa shape index (κ2) is 8.53. The molecule has 31 heavy (non-hydrogen) atoms. The van der Waals surface area contributed by atoms with E-state index in [-0.39, 0.29) is 11.2 Å². The van der Waals surface area contributed by atoms with Crippen LogP contribution in [0.15, 0.2) is 17.4 Å². The van der Waals surface area contributed by atoms with Gasteiger partial charge in [0.25, 0.3) is 5.56 Å². The van der Waals surface area contributed by atoms with Gasteiger partial charge in [0.2, 0.25) is 0 Å². The number of aliphatic hydroxyl groups is 2. The minimum absolute atomic E-state index is 0.00599. The zero-order valence-electron chi connectivity index (χ0n) is 14.8. The Kier molecular flexibility index (Phi) is 6.68. The van der Waals surface area contributed by atoms with Crippen molar-refractivity contribution in [1.82, 2.24) is 19.5 Å². The molecule has 174 valence electrons. The van der Waals surface area contributed by atoms with Crippen molar-refractivity contribution in [3.8, 4) is 0 Å². The van der Waals surface area contributed by atoms with E-state index in [2.05, 4.69) is 28.1 Å². The third kappa shape index (κ3) is 5.71. The van der Waals surface area contributed by atoms with E-state index >= 15 is 0 Å². The van der Waals surface area contributed by atoms with Crippen molar-refractivity contribution < 1.29 is 61.4 Å². The summed E-state index contributed by atoms with van der Waals surface area (Å²) in [5.74, 6) is 0. The number of fused-ring (bicyclic) bond motifs is 1. The summed E-state index contributed by atoms with van der Waals surface area (Å²) in [4.78, 5) is 57.2. The zero-order valence-corrected chi connectivity index (χ0v) is 17.5. The van der Waals surface area contributed by atoms with Crippen LogP contribution in [0.25, 0.3) is 11.2 Å². The largest absolute Gasteiger partial charge is 0.490 e. The molecule has 1 aliphatic heterocycles. The Morgan fingerprint density at radius 1 is 1.06 bits per heavy atom. The number of ether oxygens (including phenoxy) is 1. The Morgan fingerprint density at radius 2 is 1.74 bits per heavy atom. The van der Waals surface area contributed by atoms with Gasteiger partial charge < -0.3 is 39.5 Å². The summed E-state index contributed by atoms with van der Waals surface area (Å²) >= 11 is 0. The first kappa shape index (κ1) is 24.3. The van der Waals surface area contributed by atoms with Crippen LogP contribution in [0.3, 0.4) is 0 Å². The van der Waals surface area contributed by atoms with Gasteiger partial charge in [0, 0.05) is 0 Å². The maximum atomic E-state index is 11.8. The van der Waals surface area contributed by atoms with E-state index in [0.717, 1.165) is 17.2 Å². The molecule has 0 bridgehead atoms. The quantitative estimate of drug-likeness (QED) is 0.191. The molecule has 0 spiro atoms. The van der Waals surface area contributed by atoms with Crippen molar-refractivity contribution in [3.05, 3.63) is 23.0 Å². The van der Waals surface area contributed by atoms with Crippen LogP contribution < -0.4 is 5.56 Å². The topological polar surface area (TPSA) is 273 Å². The highest BCUT2D eigenvalue weighted by Crippen LogP contribution is 2.66. The molecule has 18 nitrogen and oxygen atoms in total. The number of H-pyrrole nitrogens is 1. The lowest BCUT2D eigenvalue weighted by Gasteiger charge is -2.19. The first-order chi connectivity index (χ1) is 14.2. The van der Waals surface area contributed by atoms with Gasteiger partial charge in [0.05, 0.1) is 19.3 Å². The molecule has 1 aliphatic rings. The first-order valence-electron chi connectivity index (χ1n) is 7.89. The third-order valence-corrected chi connectivity index (χ3v) is 7.60. The molecule has 0 aliphatic carbocycles. The fourth-order valence-electron chi connectivity index (χ4n) is 2.62. The predicted octanol–water partition coefficient (Wildman–Crippen LogP) is -1.92. The molecule has 0 saturated carbocycles. The monoisotopic (exact) mass is 508 g/mol. The summed E-state index contributed by atoms with van der Waals surface area (Å²) in [5, 5.41) is 20.3. The fraction of sp³-hybridized carbons (Fsp3) is 0.500. The molecule has 1 saturated heterocycles. The number of nitrogens with zero attached hydrogens (tertiary/aromatic N) is 3. The molecule has 2 aromatic rings. The molecule has 6 atom stereocenters. The Bertz CT molecular complexity index is 1160. The maximum Gasteiger partial charge on any atom is 0.490 e. The van der Waals surface area contributed by atoms with E-state index in [4.69, 9.17) is 19.4 Å². The van der Waals surface area contributed by atoms with Gasteiger partial charge in [-0.2, -0.15) is 8.62 Å². The molecule has 7 N–H and O–H groups in total. The van der Waals surface area contributed by atoms with Crippen LogP contribution in [-0.4, -0.2) is 74.2 Å². The molecule has 3 rings (SSSR count). The van der Waals surface area contributed by atoms with E-state index < -0.39 is 60.2 Å². The van der Waals surface area contributed by atoms with Gasteiger partial charge in [0.1, 0.15) is 18.3 Å². The zero-order chi connectivity index (χ0) is 23.2. The molecule has 3 heterocycles. The third-order valence-electron chi connectivity index (χ3n) is 3.79. The van der Waals surface area contributed by atoms with Gasteiger partial charge in [-0.05, 0) is 0 Å². The number of rotatable bonds is 8. The Morgan fingerprint density at radius 3 is 2.39 bits per heavy atom. The van der Waals surface area contributed by atoms with Crippen LogP contribution in [0.5, 0.6) is 0 Å².